The van der Waals surface area contributed by atoms with Crippen LogP contribution in [0, 0.1) is 6.92 Å². The molecule has 1 amide bonds. The third-order valence-corrected chi connectivity index (χ3v) is 3.18. The Balaban J connectivity index is 1.92. The summed E-state index contributed by atoms with van der Waals surface area (Å²) in [7, 11) is 0. The van der Waals surface area contributed by atoms with Crippen LogP contribution >= 0.6 is 0 Å². The molecular formula is C16H24N2O2. The average molecular weight is 276 g/mol. The Hall–Kier alpha value is -1.55. The van der Waals surface area contributed by atoms with E-state index in [2.05, 4.69) is 23.6 Å². The third kappa shape index (κ3) is 4.85. The summed E-state index contributed by atoms with van der Waals surface area (Å²) in [5, 5.41) is 6.30. The van der Waals surface area contributed by atoms with Crippen molar-refractivity contribution in [3.05, 3.63) is 29.3 Å². The predicted molar refractivity (Wildman–Crippen MR) is 79.8 cm³/mol. The Morgan fingerprint density at radius 3 is 2.80 bits per heavy atom. The number of aryl methyl sites for hydroxylation is 1. The molecule has 2 rings (SSSR count). The fraction of sp³-hybridized carbons (Fsp3) is 0.562. The van der Waals surface area contributed by atoms with Gasteiger partial charge in [-0.25, -0.2) is 0 Å². The topological polar surface area (TPSA) is 50.4 Å². The van der Waals surface area contributed by atoms with Crippen molar-refractivity contribution in [2.45, 2.75) is 52.2 Å². The first kappa shape index (κ1) is 14.9. The molecular weight excluding hydrogens is 252 g/mol. The minimum absolute atomic E-state index is 0.0671. The zero-order valence-electron chi connectivity index (χ0n) is 12.5. The summed E-state index contributed by atoms with van der Waals surface area (Å²) < 4.78 is 5.66. The number of amides is 1. The highest BCUT2D eigenvalue weighted by molar-refractivity contribution is 5.77. The molecule has 0 unspecified atom stereocenters. The lowest BCUT2D eigenvalue weighted by Gasteiger charge is -2.14. The first-order chi connectivity index (χ1) is 9.54. The number of benzene rings is 1. The second kappa shape index (κ2) is 6.75. The highest BCUT2D eigenvalue weighted by atomic mass is 16.5. The van der Waals surface area contributed by atoms with Gasteiger partial charge in [0.25, 0.3) is 5.91 Å². The lowest BCUT2D eigenvalue weighted by atomic mass is 10.1. The molecule has 0 aliphatic heterocycles. The minimum atomic E-state index is -0.0818. The standard InChI is InChI=1S/C16H24N2O2/c1-11(2)18-16(19)10-20-15-7-4-12(3)8-13(15)9-17-14-5-6-14/h4,7-8,11,14,17H,5-6,9-10H2,1-3H3,(H,18,19). The Labute approximate surface area is 120 Å². The van der Waals surface area contributed by atoms with E-state index in [4.69, 9.17) is 4.74 Å². The summed E-state index contributed by atoms with van der Waals surface area (Å²) in [6.07, 6.45) is 2.53. The fourth-order valence-electron chi connectivity index (χ4n) is 2.04. The van der Waals surface area contributed by atoms with E-state index < -0.39 is 0 Å². The van der Waals surface area contributed by atoms with Crippen LogP contribution in [-0.4, -0.2) is 24.6 Å². The Bertz CT molecular complexity index is 468. The van der Waals surface area contributed by atoms with Gasteiger partial charge in [0.2, 0.25) is 0 Å². The van der Waals surface area contributed by atoms with Crippen molar-refractivity contribution >= 4 is 5.91 Å². The number of ether oxygens (including phenoxy) is 1. The van der Waals surface area contributed by atoms with Crippen LogP contribution in [0.2, 0.25) is 0 Å². The van der Waals surface area contributed by atoms with Gasteiger partial charge >= 0.3 is 0 Å². The van der Waals surface area contributed by atoms with Gasteiger partial charge in [0.05, 0.1) is 0 Å². The Kier molecular flexibility index (Phi) is 5.01. The van der Waals surface area contributed by atoms with E-state index in [-0.39, 0.29) is 18.6 Å². The summed E-state index contributed by atoms with van der Waals surface area (Å²) in [5.41, 5.74) is 2.32. The molecule has 0 heterocycles. The smallest absolute Gasteiger partial charge is 0.258 e. The van der Waals surface area contributed by atoms with Gasteiger partial charge in [0, 0.05) is 24.2 Å². The summed E-state index contributed by atoms with van der Waals surface area (Å²) in [6, 6.07) is 6.87. The molecule has 1 aliphatic carbocycles. The highest BCUT2D eigenvalue weighted by Gasteiger charge is 2.20. The van der Waals surface area contributed by atoms with E-state index in [1.165, 1.54) is 18.4 Å². The van der Waals surface area contributed by atoms with Crippen LogP contribution in [0.4, 0.5) is 0 Å². The molecule has 4 nitrogen and oxygen atoms in total. The van der Waals surface area contributed by atoms with Crippen LogP contribution in [0.1, 0.15) is 37.8 Å². The summed E-state index contributed by atoms with van der Waals surface area (Å²) in [5.74, 6) is 0.712. The average Bonchev–Trinajstić information content (AvgIpc) is 3.18. The normalized spacial score (nSPS) is 14.4. The number of rotatable bonds is 7. The lowest BCUT2D eigenvalue weighted by Crippen LogP contribution is -2.34. The van der Waals surface area contributed by atoms with E-state index in [1.54, 1.807) is 0 Å². The molecule has 1 aromatic carbocycles. The van der Waals surface area contributed by atoms with Gasteiger partial charge in [0.15, 0.2) is 6.61 Å². The highest BCUT2D eigenvalue weighted by Crippen LogP contribution is 2.23. The van der Waals surface area contributed by atoms with Crippen molar-refractivity contribution in [2.24, 2.45) is 0 Å². The van der Waals surface area contributed by atoms with Crippen molar-refractivity contribution in [1.29, 1.82) is 0 Å². The summed E-state index contributed by atoms with van der Waals surface area (Å²) in [4.78, 5) is 11.6. The second-order valence-electron chi connectivity index (χ2n) is 5.78. The lowest BCUT2D eigenvalue weighted by molar-refractivity contribution is -0.123. The minimum Gasteiger partial charge on any atom is -0.483 e. The maximum absolute atomic E-state index is 11.6. The fourth-order valence-corrected chi connectivity index (χ4v) is 2.04. The van der Waals surface area contributed by atoms with Crippen LogP contribution in [0.5, 0.6) is 5.75 Å². The number of nitrogens with one attached hydrogen (secondary N) is 2. The maximum Gasteiger partial charge on any atom is 0.258 e. The SMILES string of the molecule is Cc1ccc(OCC(=O)NC(C)C)c(CNC2CC2)c1. The van der Waals surface area contributed by atoms with Crippen LogP contribution in [-0.2, 0) is 11.3 Å². The summed E-state index contributed by atoms with van der Waals surface area (Å²) >= 11 is 0. The maximum atomic E-state index is 11.6. The van der Waals surface area contributed by atoms with Crippen molar-refractivity contribution in [1.82, 2.24) is 10.6 Å². The predicted octanol–water partition coefficient (Wildman–Crippen LogP) is 2.15. The largest absolute Gasteiger partial charge is 0.483 e. The quantitative estimate of drug-likeness (QED) is 0.802. The van der Waals surface area contributed by atoms with Crippen LogP contribution in [0.3, 0.4) is 0 Å². The van der Waals surface area contributed by atoms with Crippen molar-refractivity contribution in [3.63, 3.8) is 0 Å². The molecule has 0 spiro atoms. The molecule has 1 aliphatic rings. The van der Waals surface area contributed by atoms with E-state index >= 15 is 0 Å². The molecule has 4 heteroatoms. The van der Waals surface area contributed by atoms with Crippen molar-refractivity contribution in [3.8, 4) is 5.75 Å². The molecule has 1 saturated carbocycles. The Morgan fingerprint density at radius 1 is 1.40 bits per heavy atom. The number of hydrogen-bond donors (Lipinski definition) is 2. The van der Waals surface area contributed by atoms with E-state index in [9.17, 15) is 4.79 Å². The van der Waals surface area contributed by atoms with E-state index in [0.717, 1.165) is 17.9 Å². The van der Waals surface area contributed by atoms with Crippen molar-refractivity contribution < 1.29 is 9.53 Å². The van der Waals surface area contributed by atoms with E-state index in [1.807, 2.05) is 26.0 Å². The van der Waals surface area contributed by atoms with Gasteiger partial charge in [-0.15, -0.1) is 0 Å². The molecule has 0 bridgehead atoms. The molecule has 1 fully saturated rings. The van der Waals surface area contributed by atoms with Gasteiger partial charge in [-0.2, -0.15) is 0 Å². The van der Waals surface area contributed by atoms with Gasteiger partial charge in [0.1, 0.15) is 5.75 Å². The molecule has 110 valence electrons. The van der Waals surface area contributed by atoms with Crippen LogP contribution in [0.25, 0.3) is 0 Å². The van der Waals surface area contributed by atoms with Gasteiger partial charge in [-0.05, 0) is 39.7 Å². The molecule has 0 radical (unpaired) electrons. The first-order valence-electron chi connectivity index (χ1n) is 7.29. The number of carbonyl (C=O) groups excluding carboxylic acids is 1. The molecule has 2 N–H and O–H groups in total. The van der Waals surface area contributed by atoms with Gasteiger partial charge in [-0.3, -0.25) is 4.79 Å². The molecule has 0 atom stereocenters. The van der Waals surface area contributed by atoms with Crippen molar-refractivity contribution in [2.75, 3.05) is 6.61 Å². The van der Waals surface area contributed by atoms with Gasteiger partial charge < -0.3 is 15.4 Å². The number of carbonyl (C=O) groups is 1. The Morgan fingerprint density at radius 2 is 2.15 bits per heavy atom. The van der Waals surface area contributed by atoms with Crippen LogP contribution < -0.4 is 15.4 Å². The molecule has 1 aromatic rings. The summed E-state index contributed by atoms with van der Waals surface area (Å²) in [6.45, 7) is 6.81. The molecule has 0 aromatic heterocycles. The van der Waals surface area contributed by atoms with Crippen LogP contribution in [0.15, 0.2) is 18.2 Å². The monoisotopic (exact) mass is 276 g/mol. The molecule has 20 heavy (non-hydrogen) atoms. The second-order valence-corrected chi connectivity index (χ2v) is 5.78. The zero-order chi connectivity index (χ0) is 14.5. The number of hydrogen-bond acceptors (Lipinski definition) is 3. The first-order valence-corrected chi connectivity index (χ1v) is 7.29. The zero-order valence-corrected chi connectivity index (χ0v) is 12.5. The van der Waals surface area contributed by atoms with E-state index in [0.29, 0.717) is 6.04 Å². The molecule has 0 saturated heterocycles. The van der Waals surface area contributed by atoms with Gasteiger partial charge in [-0.1, -0.05) is 17.7 Å². The third-order valence-electron chi connectivity index (χ3n) is 3.18.